The second-order valence-corrected chi connectivity index (χ2v) is 3.87. The molecule has 0 aliphatic heterocycles. The maximum absolute atomic E-state index is 10.5. The molecular weight excluding hydrogens is 152 g/mol. The van der Waals surface area contributed by atoms with Crippen LogP contribution in [-0.4, -0.2) is 13.0 Å². The minimum Gasteiger partial charge on any atom is -0.282 e. The van der Waals surface area contributed by atoms with Crippen LogP contribution in [0.2, 0.25) is 0 Å². The summed E-state index contributed by atoms with van der Waals surface area (Å²) in [6, 6.07) is 0. The molecule has 0 aromatic carbocycles. The zero-order valence-electron chi connectivity index (χ0n) is 5.58. The molecule has 1 aliphatic carbocycles. The van der Waals surface area contributed by atoms with Gasteiger partial charge in [0, 0.05) is 0 Å². The Hall–Kier alpha value is -0.350. The van der Waals surface area contributed by atoms with Gasteiger partial charge in [-0.3, -0.25) is 4.55 Å². The molecule has 58 valence electrons. The smallest absolute Gasteiger partial charge is 0.282 e. The highest BCUT2D eigenvalue weighted by Crippen LogP contribution is 2.20. The van der Waals surface area contributed by atoms with Gasteiger partial charge in [-0.15, -0.1) is 0 Å². The van der Waals surface area contributed by atoms with Crippen LogP contribution in [0, 0.1) is 0 Å². The van der Waals surface area contributed by atoms with Crippen LogP contribution in [0.25, 0.3) is 0 Å². The fourth-order valence-corrected chi connectivity index (χ4v) is 1.77. The fourth-order valence-electron chi connectivity index (χ4n) is 1.04. The van der Waals surface area contributed by atoms with Crippen molar-refractivity contribution in [2.75, 3.05) is 0 Å². The first-order chi connectivity index (χ1) is 4.61. The highest BCUT2D eigenvalue weighted by atomic mass is 32.2. The summed E-state index contributed by atoms with van der Waals surface area (Å²) in [5.41, 5.74) is 0. The summed E-state index contributed by atoms with van der Waals surface area (Å²) in [5, 5.41) is 0. The van der Waals surface area contributed by atoms with E-state index in [1.165, 1.54) is 0 Å². The standard InChI is InChI=1S/C6H10O3S/c7-10(8,9)6-4-2-1-3-5-6/h4H,1-3,5H2,(H,7,8,9). The van der Waals surface area contributed by atoms with Gasteiger partial charge in [0.2, 0.25) is 0 Å². The van der Waals surface area contributed by atoms with Crippen molar-refractivity contribution in [3.8, 4) is 0 Å². The van der Waals surface area contributed by atoms with E-state index in [1.807, 2.05) is 0 Å². The normalized spacial score (nSPS) is 20.3. The van der Waals surface area contributed by atoms with Crippen LogP contribution >= 0.6 is 0 Å². The first-order valence-corrected chi connectivity index (χ1v) is 4.71. The van der Waals surface area contributed by atoms with Gasteiger partial charge in [-0.05, 0) is 25.7 Å². The van der Waals surface area contributed by atoms with E-state index in [2.05, 4.69) is 0 Å². The molecule has 3 nitrogen and oxygen atoms in total. The SMILES string of the molecule is O=S(=O)(O)C1=CCCCC1. The first kappa shape index (κ1) is 7.75. The van der Waals surface area contributed by atoms with E-state index in [9.17, 15) is 8.42 Å². The maximum atomic E-state index is 10.5. The van der Waals surface area contributed by atoms with Crippen LogP contribution in [0.15, 0.2) is 11.0 Å². The Kier molecular flexibility index (Phi) is 2.11. The van der Waals surface area contributed by atoms with Crippen LogP contribution in [-0.2, 0) is 10.1 Å². The molecule has 1 rings (SSSR count). The third-order valence-corrected chi connectivity index (χ3v) is 2.61. The Bertz CT molecular complexity index is 238. The Balaban J connectivity index is 2.82. The van der Waals surface area contributed by atoms with E-state index in [1.54, 1.807) is 6.08 Å². The van der Waals surface area contributed by atoms with Gasteiger partial charge in [0.1, 0.15) is 0 Å². The predicted molar refractivity (Wildman–Crippen MR) is 38.1 cm³/mol. The van der Waals surface area contributed by atoms with Crippen molar-refractivity contribution < 1.29 is 13.0 Å². The molecule has 0 aromatic heterocycles. The van der Waals surface area contributed by atoms with E-state index in [0.29, 0.717) is 6.42 Å². The highest BCUT2D eigenvalue weighted by molar-refractivity contribution is 7.89. The number of allylic oxidation sites excluding steroid dienone is 2. The van der Waals surface area contributed by atoms with Crippen molar-refractivity contribution in [1.82, 2.24) is 0 Å². The van der Waals surface area contributed by atoms with E-state index in [0.717, 1.165) is 19.3 Å². The molecule has 0 fully saturated rings. The number of rotatable bonds is 1. The van der Waals surface area contributed by atoms with Crippen molar-refractivity contribution in [3.63, 3.8) is 0 Å². The molecule has 4 heteroatoms. The molecule has 0 radical (unpaired) electrons. The lowest BCUT2D eigenvalue weighted by atomic mass is 10.1. The van der Waals surface area contributed by atoms with Crippen molar-refractivity contribution in [3.05, 3.63) is 11.0 Å². The Morgan fingerprint density at radius 1 is 1.40 bits per heavy atom. The van der Waals surface area contributed by atoms with E-state index >= 15 is 0 Å². The Morgan fingerprint density at radius 3 is 2.40 bits per heavy atom. The van der Waals surface area contributed by atoms with E-state index < -0.39 is 10.1 Å². The number of hydrogen-bond acceptors (Lipinski definition) is 2. The molecule has 0 spiro atoms. The minimum atomic E-state index is -3.86. The van der Waals surface area contributed by atoms with Gasteiger partial charge in [0.05, 0.1) is 4.91 Å². The Morgan fingerprint density at radius 2 is 2.10 bits per heavy atom. The average molecular weight is 162 g/mol. The van der Waals surface area contributed by atoms with Crippen LogP contribution in [0.1, 0.15) is 25.7 Å². The lowest BCUT2D eigenvalue weighted by Gasteiger charge is -2.08. The molecule has 1 N–H and O–H groups in total. The summed E-state index contributed by atoms with van der Waals surface area (Å²) in [6.07, 6.45) is 4.76. The first-order valence-electron chi connectivity index (χ1n) is 3.27. The molecule has 10 heavy (non-hydrogen) atoms. The quantitative estimate of drug-likeness (QED) is 0.592. The molecule has 0 saturated carbocycles. The summed E-state index contributed by atoms with van der Waals surface area (Å²) in [4.78, 5) is 0.193. The highest BCUT2D eigenvalue weighted by Gasteiger charge is 2.14. The van der Waals surface area contributed by atoms with Gasteiger partial charge in [-0.2, -0.15) is 8.42 Å². The van der Waals surface area contributed by atoms with Gasteiger partial charge in [-0.1, -0.05) is 6.08 Å². The van der Waals surface area contributed by atoms with Gasteiger partial charge >= 0.3 is 0 Å². The topological polar surface area (TPSA) is 54.4 Å². The fraction of sp³-hybridized carbons (Fsp3) is 0.667. The zero-order chi connectivity index (χ0) is 7.61. The largest absolute Gasteiger partial charge is 0.290 e. The average Bonchev–Trinajstić information content (AvgIpc) is 1.88. The molecule has 0 bridgehead atoms. The monoisotopic (exact) mass is 162 g/mol. The molecule has 0 unspecified atom stereocenters. The van der Waals surface area contributed by atoms with Crippen molar-refractivity contribution in [1.29, 1.82) is 0 Å². The van der Waals surface area contributed by atoms with Crippen LogP contribution in [0.5, 0.6) is 0 Å². The van der Waals surface area contributed by atoms with E-state index in [-0.39, 0.29) is 4.91 Å². The molecule has 0 saturated heterocycles. The maximum Gasteiger partial charge on any atom is 0.290 e. The summed E-state index contributed by atoms with van der Waals surface area (Å²) in [7, 11) is -3.86. The zero-order valence-corrected chi connectivity index (χ0v) is 6.39. The van der Waals surface area contributed by atoms with E-state index in [4.69, 9.17) is 4.55 Å². The minimum absolute atomic E-state index is 0.193. The lowest BCUT2D eigenvalue weighted by molar-refractivity contribution is 0.486. The Labute approximate surface area is 60.5 Å². The molecule has 0 amide bonds. The van der Waals surface area contributed by atoms with Crippen LogP contribution < -0.4 is 0 Å². The van der Waals surface area contributed by atoms with Crippen molar-refractivity contribution in [2.24, 2.45) is 0 Å². The van der Waals surface area contributed by atoms with Gasteiger partial charge in [-0.25, -0.2) is 0 Å². The van der Waals surface area contributed by atoms with Gasteiger partial charge in [0.25, 0.3) is 10.1 Å². The predicted octanol–water partition coefficient (Wildman–Crippen LogP) is 1.33. The molecular formula is C6H10O3S. The summed E-state index contributed by atoms with van der Waals surface area (Å²) in [6.45, 7) is 0. The second kappa shape index (κ2) is 2.72. The lowest BCUT2D eigenvalue weighted by Crippen LogP contribution is -2.04. The molecule has 0 heterocycles. The third-order valence-electron chi connectivity index (χ3n) is 1.58. The second-order valence-electron chi connectivity index (χ2n) is 2.39. The number of hydrogen-bond donors (Lipinski definition) is 1. The van der Waals surface area contributed by atoms with Gasteiger partial charge < -0.3 is 0 Å². The van der Waals surface area contributed by atoms with Crippen molar-refractivity contribution >= 4 is 10.1 Å². The molecule has 1 aliphatic rings. The molecule has 0 aromatic rings. The summed E-state index contributed by atoms with van der Waals surface area (Å²) in [5.74, 6) is 0. The summed E-state index contributed by atoms with van der Waals surface area (Å²) < 4.78 is 29.5. The third kappa shape index (κ3) is 1.82. The molecule has 0 atom stereocenters. The van der Waals surface area contributed by atoms with Gasteiger partial charge in [0.15, 0.2) is 0 Å². The van der Waals surface area contributed by atoms with Crippen LogP contribution in [0.4, 0.5) is 0 Å². The van der Waals surface area contributed by atoms with Crippen LogP contribution in [0.3, 0.4) is 0 Å². The summed E-state index contributed by atoms with van der Waals surface area (Å²) >= 11 is 0. The van der Waals surface area contributed by atoms with Crippen molar-refractivity contribution in [2.45, 2.75) is 25.7 Å².